The van der Waals surface area contributed by atoms with Gasteiger partial charge < -0.3 is 5.11 Å². The van der Waals surface area contributed by atoms with Crippen molar-refractivity contribution in [2.45, 2.75) is 52.6 Å². The van der Waals surface area contributed by atoms with Gasteiger partial charge in [-0.2, -0.15) is 0 Å². The number of aryl methyl sites for hydroxylation is 1. The van der Waals surface area contributed by atoms with Crippen LogP contribution in [0.25, 0.3) is 0 Å². The Morgan fingerprint density at radius 1 is 1.06 bits per heavy atom. The molecule has 1 aromatic rings. The molecule has 1 aliphatic rings. The van der Waals surface area contributed by atoms with Crippen molar-refractivity contribution in [3.8, 4) is 0 Å². The molecule has 0 heterocycles. The first kappa shape index (κ1) is 13.6. The molecular formula is C17H26O. The summed E-state index contributed by atoms with van der Waals surface area (Å²) in [6, 6.07) is 8.26. The van der Waals surface area contributed by atoms with E-state index < -0.39 is 5.60 Å². The van der Waals surface area contributed by atoms with Gasteiger partial charge in [-0.1, -0.05) is 38.1 Å². The molecular weight excluding hydrogens is 220 g/mol. The number of hydrogen-bond donors (Lipinski definition) is 1. The van der Waals surface area contributed by atoms with Crippen molar-refractivity contribution in [2.75, 3.05) is 0 Å². The quantitative estimate of drug-likeness (QED) is 0.826. The fourth-order valence-electron chi connectivity index (χ4n) is 3.77. The summed E-state index contributed by atoms with van der Waals surface area (Å²) in [6.07, 6.45) is 3.59. The van der Waals surface area contributed by atoms with Crippen LogP contribution in [0.3, 0.4) is 0 Å². The predicted molar refractivity (Wildman–Crippen MR) is 76.4 cm³/mol. The number of hydrogen-bond acceptors (Lipinski definition) is 1. The minimum absolute atomic E-state index is 0.386. The van der Waals surface area contributed by atoms with Crippen LogP contribution < -0.4 is 0 Å². The molecule has 0 spiro atoms. The minimum Gasteiger partial charge on any atom is -0.385 e. The molecule has 0 radical (unpaired) electrons. The first-order chi connectivity index (χ1) is 8.41. The van der Waals surface area contributed by atoms with Gasteiger partial charge in [0.05, 0.1) is 5.60 Å². The molecule has 1 nitrogen and oxygen atoms in total. The molecule has 0 bridgehead atoms. The maximum Gasteiger partial charge on any atom is 0.0899 e. The Kier molecular flexibility index (Phi) is 3.82. The summed E-state index contributed by atoms with van der Waals surface area (Å²) in [5.74, 6) is 1.85. The van der Waals surface area contributed by atoms with Crippen LogP contribution in [0.5, 0.6) is 0 Å². The molecule has 3 unspecified atom stereocenters. The van der Waals surface area contributed by atoms with Crippen LogP contribution in [0, 0.1) is 24.7 Å². The van der Waals surface area contributed by atoms with Gasteiger partial charge >= 0.3 is 0 Å². The van der Waals surface area contributed by atoms with Crippen molar-refractivity contribution in [3.05, 3.63) is 35.4 Å². The van der Waals surface area contributed by atoms with E-state index in [1.807, 2.05) is 19.1 Å². The van der Waals surface area contributed by atoms with Crippen LogP contribution in [-0.4, -0.2) is 5.11 Å². The first-order valence-corrected chi connectivity index (χ1v) is 7.19. The van der Waals surface area contributed by atoms with Crippen LogP contribution in [0.2, 0.25) is 0 Å². The maximum absolute atomic E-state index is 11.0. The Morgan fingerprint density at radius 2 is 1.61 bits per heavy atom. The van der Waals surface area contributed by atoms with Gasteiger partial charge in [0.25, 0.3) is 0 Å². The van der Waals surface area contributed by atoms with Crippen LogP contribution >= 0.6 is 0 Å². The summed E-state index contributed by atoms with van der Waals surface area (Å²) < 4.78 is 0. The third-order valence-electron chi connectivity index (χ3n) is 4.66. The highest BCUT2D eigenvalue weighted by atomic mass is 16.3. The second kappa shape index (κ2) is 5.05. The van der Waals surface area contributed by atoms with E-state index in [9.17, 15) is 5.11 Å². The average Bonchev–Trinajstić information content (AvgIpc) is 2.28. The van der Waals surface area contributed by atoms with Crippen molar-refractivity contribution in [1.82, 2.24) is 0 Å². The van der Waals surface area contributed by atoms with Crippen molar-refractivity contribution >= 4 is 0 Å². The lowest BCUT2D eigenvalue weighted by molar-refractivity contribution is -0.0391. The van der Waals surface area contributed by atoms with E-state index in [4.69, 9.17) is 0 Å². The Bertz CT molecular complexity index is 398. The second-order valence-corrected chi connectivity index (χ2v) is 6.58. The van der Waals surface area contributed by atoms with Gasteiger partial charge in [0.2, 0.25) is 0 Å². The largest absolute Gasteiger partial charge is 0.385 e. The maximum atomic E-state index is 11.0. The third-order valence-corrected chi connectivity index (χ3v) is 4.66. The highest BCUT2D eigenvalue weighted by Gasteiger charge is 2.38. The van der Waals surface area contributed by atoms with Gasteiger partial charge in [0.15, 0.2) is 0 Å². The lowest BCUT2D eigenvalue weighted by atomic mass is 9.67. The van der Waals surface area contributed by atoms with E-state index in [-0.39, 0.29) is 0 Å². The van der Waals surface area contributed by atoms with Crippen molar-refractivity contribution in [1.29, 1.82) is 0 Å². The summed E-state index contributed by atoms with van der Waals surface area (Å²) in [4.78, 5) is 0. The van der Waals surface area contributed by atoms with Gasteiger partial charge in [0.1, 0.15) is 0 Å². The molecule has 0 aliphatic heterocycles. The summed E-state index contributed by atoms with van der Waals surface area (Å²) in [6.45, 7) is 8.73. The minimum atomic E-state index is -0.686. The molecule has 1 N–H and O–H groups in total. The van der Waals surface area contributed by atoms with Gasteiger partial charge in [-0.3, -0.25) is 0 Å². The molecule has 18 heavy (non-hydrogen) atoms. The van der Waals surface area contributed by atoms with E-state index in [0.29, 0.717) is 5.92 Å². The smallest absolute Gasteiger partial charge is 0.0899 e. The zero-order chi connectivity index (χ0) is 13.3. The van der Waals surface area contributed by atoms with E-state index in [2.05, 4.69) is 32.9 Å². The molecule has 1 saturated carbocycles. The predicted octanol–water partition coefficient (Wildman–Crippen LogP) is 4.27. The van der Waals surface area contributed by atoms with Gasteiger partial charge in [-0.15, -0.1) is 0 Å². The first-order valence-electron chi connectivity index (χ1n) is 7.19. The molecule has 3 atom stereocenters. The Hall–Kier alpha value is -0.820. The molecule has 1 aliphatic carbocycles. The monoisotopic (exact) mass is 246 g/mol. The zero-order valence-electron chi connectivity index (χ0n) is 12.1. The standard InChI is InChI=1S/C17H26O/c1-12-9-13(2)11-15(10-12)17(4,18)16-8-6-5-7-14(16)3/h5-8,12-13,15,18H,9-11H2,1-4H3. The number of benzene rings is 1. The topological polar surface area (TPSA) is 20.2 Å². The van der Waals surface area contributed by atoms with Crippen LogP contribution in [0.1, 0.15) is 51.2 Å². The van der Waals surface area contributed by atoms with E-state index in [0.717, 1.165) is 30.2 Å². The lowest BCUT2D eigenvalue weighted by Crippen LogP contribution is -2.37. The highest BCUT2D eigenvalue weighted by Crippen LogP contribution is 2.43. The van der Waals surface area contributed by atoms with Crippen LogP contribution in [-0.2, 0) is 5.60 Å². The third kappa shape index (κ3) is 2.61. The molecule has 2 rings (SSSR count). The second-order valence-electron chi connectivity index (χ2n) is 6.58. The van der Waals surface area contributed by atoms with Crippen molar-refractivity contribution in [3.63, 3.8) is 0 Å². The number of rotatable bonds is 2. The zero-order valence-corrected chi connectivity index (χ0v) is 12.1. The van der Waals surface area contributed by atoms with E-state index in [1.54, 1.807) is 0 Å². The van der Waals surface area contributed by atoms with Gasteiger partial charge in [0, 0.05) is 0 Å². The van der Waals surface area contributed by atoms with E-state index in [1.165, 1.54) is 12.0 Å². The molecule has 1 aromatic carbocycles. The van der Waals surface area contributed by atoms with E-state index >= 15 is 0 Å². The van der Waals surface area contributed by atoms with Crippen LogP contribution in [0.15, 0.2) is 24.3 Å². The summed E-state index contributed by atoms with van der Waals surface area (Å²) in [5, 5.41) is 11.0. The summed E-state index contributed by atoms with van der Waals surface area (Å²) in [5.41, 5.74) is 1.62. The molecule has 0 saturated heterocycles. The molecule has 100 valence electrons. The normalized spacial score (nSPS) is 31.9. The lowest BCUT2D eigenvalue weighted by Gasteiger charge is -2.41. The van der Waals surface area contributed by atoms with Gasteiger partial charge in [-0.25, -0.2) is 0 Å². The Balaban J connectivity index is 2.28. The fraction of sp³-hybridized carbons (Fsp3) is 0.647. The highest BCUT2D eigenvalue weighted by molar-refractivity contribution is 5.31. The molecule has 0 aromatic heterocycles. The summed E-state index contributed by atoms with van der Waals surface area (Å²) >= 11 is 0. The number of aliphatic hydroxyl groups is 1. The SMILES string of the molecule is Cc1ccccc1C(C)(O)C1CC(C)CC(C)C1. The summed E-state index contributed by atoms with van der Waals surface area (Å²) in [7, 11) is 0. The Morgan fingerprint density at radius 3 is 2.17 bits per heavy atom. The van der Waals surface area contributed by atoms with Gasteiger partial charge in [-0.05, 0) is 62.0 Å². The molecule has 0 amide bonds. The molecule has 1 fully saturated rings. The van der Waals surface area contributed by atoms with Crippen molar-refractivity contribution < 1.29 is 5.11 Å². The van der Waals surface area contributed by atoms with Crippen molar-refractivity contribution in [2.24, 2.45) is 17.8 Å². The Labute approximate surface area is 111 Å². The fourth-order valence-corrected chi connectivity index (χ4v) is 3.77. The average molecular weight is 246 g/mol. The van der Waals surface area contributed by atoms with Crippen LogP contribution in [0.4, 0.5) is 0 Å². The molecule has 1 heteroatoms.